The molecule has 1 unspecified atom stereocenters. The molecule has 1 amide bonds. The third-order valence-electron chi connectivity index (χ3n) is 6.32. The van der Waals surface area contributed by atoms with Crippen LogP contribution in [0.25, 0.3) is 11.0 Å². The van der Waals surface area contributed by atoms with Gasteiger partial charge in [-0.15, -0.1) is 0 Å². The molecule has 1 aromatic carbocycles. The number of likely N-dealkylation sites (N-methyl/N-ethyl adjacent to an activating group) is 1. The standard InChI is InChI=1S/C26H32FN9O2/c1-26(2,3)20(37)11-21(28)33-24(38)15-6-7-17(27)18(10-15)32-23-22-19(30-14-31-23)12-29-25(34-22)36-9-8-16(13-36)35(4)5/h6-7,10-12,14,16,37H,8-9,13H2,1-5H3,(H2,28,33,38)(H,30,31,32)/b20-11-. The summed E-state index contributed by atoms with van der Waals surface area (Å²) >= 11 is 0. The van der Waals surface area contributed by atoms with Crippen molar-refractivity contribution < 1.29 is 14.3 Å². The Bertz CT molecular complexity index is 1400. The molecule has 11 nitrogen and oxygen atoms in total. The molecular weight excluding hydrogens is 489 g/mol. The minimum atomic E-state index is -0.627. The van der Waals surface area contributed by atoms with Gasteiger partial charge in [0.05, 0.1) is 11.9 Å². The number of aromatic nitrogens is 4. The van der Waals surface area contributed by atoms with E-state index in [1.54, 1.807) is 27.0 Å². The number of nitrogens with zero attached hydrogens (tertiary/aromatic N) is 6. The second-order valence-corrected chi connectivity index (χ2v) is 10.4. The summed E-state index contributed by atoms with van der Waals surface area (Å²) in [5.74, 6) is -0.755. The van der Waals surface area contributed by atoms with Crippen LogP contribution in [0.2, 0.25) is 0 Å². The van der Waals surface area contributed by atoms with Crippen molar-refractivity contribution in [3.05, 3.63) is 53.9 Å². The van der Waals surface area contributed by atoms with Crippen molar-refractivity contribution in [2.45, 2.75) is 33.2 Å². The van der Waals surface area contributed by atoms with Gasteiger partial charge >= 0.3 is 0 Å². The summed E-state index contributed by atoms with van der Waals surface area (Å²) in [6.07, 6.45) is 5.11. The van der Waals surface area contributed by atoms with Crippen molar-refractivity contribution in [1.29, 1.82) is 5.41 Å². The van der Waals surface area contributed by atoms with Gasteiger partial charge < -0.3 is 25.5 Å². The molecule has 1 aliphatic rings. The molecule has 0 saturated carbocycles. The van der Waals surface area contributed by atoms with E-state index >= 15 is 0 Å². The van der Waals surface area contributed by atoms with E-state index in [1.807, 2.05) is 14.1 Å². The smallest absolute Gasteiger partial charge is 0.256 e. The molecule has 0 bridgehead atoms. The molecule has 4 rings (SSSR count). The van der Waals surface area contributed by atoms with E-state index in [4.69, 9.17) is 5.41 Å². The Hall–Kier alpha value is -4.19. The second kappa shape index (κ2) is 10.7. The van der Waals surface area contributed by atoms with Crippen LogP contribution in [-0.2, 0) is 0 Å². The molecule has 0 aliphatic carbocycles. The average molecular weight is 522 g/mol. The number of carbonyl (C=O) groups is 1. The molecule has 1 atom stereocenters. The van der Waals surface area contributed by atoms with Crippen molar-refractivity contribution in [1.82, 2.24) is 30.2 Å². The number of allylic oxidation sites excluding steroid dienone is 1. The minimum absolute atomic E-state index is 0.00580. The third-order valence-corrected chi connectivity index (χ3v) is 6.32. The van der Waals surface area contributed by atoms with Crippen molar-refractivity contribution in [2.75, 3.05) is 37.4 Å². The first-order valence-electron chi connectivity index (χ1n) is 12.2. The number of hydrogen-bond donors (Lipinski definition) is 4. The van der Waals surface area contributed by atoms with E-state index in [0.29, 0.717) is 23.0 Å². The van der Waals surface area contributed by atoms with Crippen LogP contribution in [0.4, 0.5) is 21.8 Å². The molecule has 1 aliphatic heterocycles. The van der Waals surface area contributed by atoms with Crippen molar-refractivity contribution in [3.8, 4) is 0 Å². The predicted octanol–water partition coefficient (Wildman–Crippen LogP) is 3.64. The van der Waals surface area contributed by atoms with Gasteiger partial charge in [-0.3, -0.25) is 10.2 Å². The Morgan fingerprint density at radius 3 is 2.71 bits per heavy atom. The first-order valence-corrected chi connectivity index (χ1v) is 12.2. The number of amides is 1. The number of benzene rings is 1. The molecule has 200 valence electrons. The van der Waals surface area contributed by atoms with E-state index in [-0.39, 0.29) is 28.7 Å². The van der Waals surface area contributed by atoms with E-state index in [9.17, 15) is 14.3 Å². The van der Waals surface area contributed by atoms with Gasteiger partial charge in [0.15, 0.2) is 5.82 Å². The van der Waals surface area contributed by atoms with Crippen LogP contribution in [0.15, 0.2) is 42.6 Å². The molecule has 38 heavy (non-hydrogen) atoms. The number of aliphatic hydroxyl groups excluding tert-OH is 1. The maximum atomic E-state index is 14.8. The zero-order valence-corrected chi connectivity index (χ0v) is 22.1. The Morgan fingerprint density at radius 2 is 2.03 bits per heavy atom. The number of rotatable bonds is 6. The summed E-state index contributed by atoms with van der Waals surface area (Å²) in [6.45, 7) is 6.94. The van der Waals surface area contributed by atoms with E-state index in [0.717, 1.165) is 25.6 Å². The fraction of sp³-hybridized carbons (Fsp3) is 0.385. The van der Waals surface area contributed by atoms with Crippen LogP contribution >= 0.6 is 0 Å². The van der Waals surface area contributed by atoms with Crippen LogP contribution in [0.1, 0.15) is 37.6 Å². The van der Waals surface area contributed by atoms with Gasteiger partial charge in [0.25, 0.3) is 5.91 Å². The fourth-order valence-electron chi connectivity index (χ4n) is 3.91. The van der Waals surface area contributed by atoms with Gasteiger partial charge in [0.1, 0.15) is 34.8 Å². The topological polar surface area (TPSA) is 143 Å². The fourth-order valence-corrected chi connectivity index (χ4v) is 3.91. The normalized spacial score (nSPS) is 16.2. The van der Waals surface area contributed by atoms with Gasteiger partial charge in [-0.05, 0) is 38.7 Å². The van der Waals surface area contributed by atoms with Gasteiger partial charge in [-0.25, -0.2) is 24.3 Å². The summed E-state index contributed by atoms with van der Waals surface area (Å²) < 4.78 is 14.8. The van der Waals surface area contributed by atoms with Crippen LogP contribution in [0, 0.1) is 16.6 Å². The highest BCUT2D eigenvalue weighted by Crippen LogP contribution is 2.27. The lowest BCUT2D eigenvalue weighted by molar-refractivity contribution is 0.0977. The van der Waals surface area contributed by atoms with E-state index in [1.165, 1.54) is 24.5 Å². The number of fused-ring (bicyclic) bond motifs is 1. The maximum absolute atomic E-state index is 14.8. The largest absolute Gasteiger partial charge is 0.512 e. The summed E-state index contributed by atoms with van der Waals surface area (Å²) in [5.41, 5.74) is 0.456. The summed E-state index contributed by atoms with van der Waals surface area (Å²) in [5, 5.41) is 23.4. The first kappa shape index (κ1) is 26.9. The molecule has 0 radical (unpaired) electrons. The highest BCUT2D eigenvalue weighted by atomic mass is 19.1. The van der Waals surface area contributed by atoms with Crippen molar-refractivity contribution in [2.24, 2.45) is 5.41 Å². The Labute approximate surface area is 220 Å². The Morgan fingerprint density at radius 1 is 1.26 bits per heavy atom. The summed E-state index contributed by atoms with van der Waals surface area (Å²) in [4.78, 5) is 34.6. The monoisotopic (exact) mass is 521 g/mol. The number of halogens is 1. The van der Waals surface area contributed by atoms with E-state index < -0.39 is 17.1 Å². The molecule has 1 saturated heterocycles. The Balaban J connectivity index is 1.57. The lowest BCUT2D eigenvalue weighted by Crippen LogP contribution is -2.32. The molecule has 0 spiro atoms. The zero-order valence-electron chi connectivity index (χ0n) is 22.1. The number of aliphatic hydroxyl groups is 1. The van der Waals surface area contributed by atoms with Crippen molar-refractivity contribution >= 4 is 40.2 Å². The first-order chi connectivity index (χ1) is 17.9. The molecule has 2 aromatic heterocycles. The zero-order chi connectivity index (χ0) is 27.6. The molecule has 4 N–H and O–H groups in total. The lowest BCUT2D eigenvalue weighted by Gasteiger charge is -2.20. The highest BCUT2D eigenvalue weighted by molar-refractivity contribution is 6.09. The lowest BCUT2D eigenvalue weighted by atomic mass is 9.93. The summed E-state index contributed by atoms with van der Waals surface area (Å²) in [6, 6.07) is 4.18. The molecular formula is C26H32FN9O2. The number of hydrogen-bond acceptors (Lipinski definition) is 10. The predicted molar refractivity (Wildman–Crippen MR) is 144 cm³/mol. The molecule has 1 fully saturated rings. The number of anilines is 3. The Kier molecular flexibility index (Phi) is 7.53. The SMILES string of the molecule is CN(C)C1CCN(c2ncc3ncnc(Nc4cc(C(=O)NC(=N)/C=C(\O)C(C)(C)C)ccc4F)c3n2)C1. The summed E-state index contributed by atoms with van der Waals surface area (Å²) in [7, 11) is 4.09. The van der Waals surface area contributed by atoms with Crippen LogP contribution in [0.5, 0.6) is 0 Å². The quantitative estimate of drug-likeness (QED) is 0.217. The van der Waals surface area contributed by atoms with Crippen LogP contribution < -0.4 is 15.5 Å². The third kappa shape index (κ3) is 6.02. The molecule has 3 heterocycles. The van der Waals surface area contributed by atoms with Gasteiger partial charge in [-0.2, -0.15) is 0 Å². The maximum Gasteiger partial charge on any atom is 0.256 e. The number of amidine groups is 1. The van der Waals surface area contributed by atoms with Gasteiger partial charge in [0, 0.05) is 36.2 Å². The highest BCUT2D eigenvalue weighted by Gasteiger charge is 2.26. The van der Waals surface area contributed by atoms with Crippen LogP contribution in [-0.4, -0.2) is 74.9 Å². The van der Waals surface area contributed by atoms with Crippen molar-refractivity contribution in [3.63, 3.8) is 0 Å². The van der Waals surface area contributed by atoms with Gasteiger partial charge in [-0.1, -0.05) is 20.8 Å². The van der Waals surface area contributed by atoms with Crippen LogP contribution in [0.3, 0.4) is 0 Å². The average Bonchev–Trinajstić information content (AvgIpc) is 3.35. The molecule has 3 aromatic rings. The molecule has 12 heteroatoms. The number of nitrogens with one attached hydrogen (secondary N) is 3. The minimum Gasteiger partial charge on any atom is -0.512 e. The van der Waals surface area contributed by atoms with Gasteiger partial charge in [0.2, 0.25) is 5.95 Å². The number of carbonyl (C=O) groups excluding carboxylic acids is 1. The second-order valence-electron chi connectivity index (χ2n) is 10.4. The van der Waals surface area contributed by atoms with E-state index in [2.05, 4.69) is 40.4 Å².